The molecular formula is C33H35O6P. The van der Waals surface area contributed by atoms with Crippen molar-refractivity contribution in [2.45, 2.75) is 54.1 Å². The first-order valence-corrected chi connectivity index (χ1v) is 14.2. The summed E-state index contributed by atoms with van der Waals surface area (Å²) in [6.07, 6.45) is -0.781. The van der Waals surface area contributed by atoms with Gasteiger partial charge in [-0.15, -0.1) is 0 Å². The van der Waals surface area contributed by atoms with E-state index < -0.39 is 20.4 Å². The van der Waals surface area contributed by atoms with Crippen LogP contribution in [0, 0.1) is 27.7 Å². The molecule has 6 nitrogen and oxygen atoms in total. The lowest BCUT2D eigenvalue weighted by molar-refractivity contribution is 0.0207. The lowest BCUT2D eigenvalue weighted by Crippen LogP contribution is -2.26. The van der Waals surface area contributed by atoms with Gasteiger partial charge in [-0.25, -0.2) is 4.79 Å². The van der Waals surface area contributed by atoms with E-state index in [0.29, 0.717) is 34.1 Å². The smallest absolute Gasteiger partial charge is 0.428 e. The van der Waals surface area contributed by atoms with Crippen molar-refractivity contribution in [3.05, 3.63) is 107 Å². The van der Waals surface area contributed by atoms with Crippen molar-refractivity contribution >= 4 is 14.8 Å². The maximum Gasteiger partial charge on any atom is 0.530 e. The van der Waals surface area contributed by atoms with Gasteiger partial charge in [-0.05, 0) is 83.9 Å². The normalized spacial score (nSPS) is 11.2. The number of para-hydroxylation sites is 2. The van der Waals surface area contributed by atoms with Crippen LogP contribution in [0.2, 0.25) is 0 Å². The van der Waals surface area contributed by atoms with E-state index in [0.717, 1.165) is 22.3 Å². The summed E-state index contributed by atoms with van der Waals surface area (Å²) in [5.41, 5.74) is 4.92. The van der Waals surface area contributed by atoms with Crippen LogP contribution in [0.4, 0.5) is 4.79 Å². The number of ether oxygens (including phenoxy) is 2. The van der Waals surface area contributed by atoms with Gasteiger partial charge in [-0.1, -0.05) is 71.8 Å². The van der Waals surface area contributed by atoms with Crippen LogP contribution in [-0.4, -0.2) is 11.8 Å². The molecule has 208 valence electrons. The summed E-state index contributed by atoms with van der Waals surface area (Å²) < 4.78 is 30.1. The van der Waals surface area contributed by atoms with Crippen molar-refractivity contribution in [2.24, 2.45) is 0 Å². The molecular weight excluding hydrogens is 523 g/mol. The molecule has 0 fully saturated rings. The fourth-order valence-corrected chi connectivity index (χ4v) is 5.17. The molecule has 0 aromatic heterocycles. The molecule has 0 atom stereocenters. The van der Waals surface area contributed by atoms with Gasteiger partial charge in [0.2, 0.25) is 0 Å². The third-order valence-electron chi connectivity index (χ3n) is 5.83. The molecule has 0 aliphatic heterocycles. The predicted octanol–water partition coefficient (Wildman–Crippen LogP) is 9.66. The fourth-order valence-electron chi connectivity index (χ4n) is 4.01. The SMILES string of the molecule is Cc1ccc(OP(Oc2ccc(C)cc2C)Oc2ccccc2-c2ccccc2OC(=O)OC(C)(C)C)c(C)c1. The van der Waals surface area contributed by atoms with Crippen LogP contribution in [0.25, 0.3) is 11.1 Å². The molecule has 4 aromatic rings. The first-order valence-electron chi connectivity index (χ1n) is 13.1. The number of carbonyl (C=O) groups excluding carboxylic acids is 1. The van der Waals surface area contributed by atoms with Gasteiger partial charge >= 0.3 is 14.8 Å². The van der Waals surface area contributed by atoms with E-state index in [4.69, 9.17) is 23.0 Å². The second kappa shape index (κ2) is 12.4. The molecule has 0 heterocycles. The molecule has 7 heteroatoms. The highest BCUT2D eigenvalue weighted by Crippen LogP contribution is 2.47. The third kappa shape index (κ3) is 7.77. The Morgan fingerprint density at radius 3 is 1.55 bits per heavy atom. The average Bonchev–Trinajstić information content (AvgIpc) is 2.87. The van der Waals surface area contributed by atoms with Crippen molar-refractivity contribution in [2.75, 3.05) is 0 Å². The summed E-state index contributed by atoms with van der Waals surface area (Å²) in [7, 11) is -1.93. The zero-order chi connectivity index (χ0) is 28.9. The summed E-state index contributed by atoms with van der Waals surface area (Å²) in [5.74, 6) is 2.21. The largest absolute Gasteiger partial charge is 0.530 e. The maximum absolute atomic E-state index is 12.5. The molecule has 0 radical (unpaired) electrons. The van der Waals surface area contributed by atoms with Crippen molar-refractivity contribution in [3.8, 4) is 34.1 Å². The monoisotopic (exact) mass is 558 g/mol. The summed E-state index contributed by atoms with van der Waals surface area (Å²) in [6, 6.07) is 26.7. The number of carbonyl (C=O) groups is 1. The molecule has 0 spiro atoms. The minimum absolute atomic E-state index is 0.350. The zero-order valence-corrected chi connectivity index (χ0v) is 24.9. The zero-order valence-electron chi connectivity index (χ0n) is 24.0. The lowest BCUT2D eigenvalue weighted by atomic mass is 10.0. The van der Waals surface area contributed by atoms with E-state index in [1.807, 2.05) is 88.4 Å². The minimum Gasteiger partial charge on any atom is -0.428 e. The highest BCUT2D eigenvalue weighted by molar-refractivity contribution is 7.43. The topological polar surface area (TPSA) is 63.2 Å². The van der Waals surface area contributed by atoms with E-state index in [2.05, 4.69) is 12.1 Å². The molecule has 40 heavy (non-hydrogen) atoms. The Balaban J connectivity index is 1.69. The second-order valence-electron chi connectivity index (χ2n) is 10.6. The van der Waals surface area contributed by atoms with Crippen molar-refractivity contribution in [1.82, 2.24) is 0 Å². The van der Waals surface area contributed by atoms with Gasteiger partial charge in [-0.2, -0.15) is 0 Å². The molecule has 0 unspecified atom stereocenters. The van der Waals surface area contributed by atoms with Gasteiger partial charge in [0.25, 0.3) is 0 Å². The molecule has 4 aromatic carbocycles. The Kier molecular flexibility index (Phi) is 9.01. The number of hydrogen-bond donors (Lipinski definition) is 0. The molecule has 4 rings (SSSR count). The van der Waals surface area contributed by atoms with Crippen LogP contribution in [0.3, 0.4) is 0 Å². The summed E-state index contributed by atoms with van der Waals surface area (Å²) in [4.78, 5) is 12.5. The van der Waals surface area contributed by atoms with Crippen LogP contribution in [-0.2, 0) is 4.74 Å². The van der Waals surface area contributed by atoms with Crippen molar-refractivity contribution in [3.63, 3.8) is 0 Å². The highest BCUT2D eigenvalue weighted by atomic mass is 31.2. The Labute approximate surface area is 237 Å². The van der Waals surface area contributed by atoms with E-state index >= 15 is 0 Å². The van der Waals surface area contributed by atoms with Gasteiger partial charge in [0.15, 0.2) is 0 Å². The Bertz CT molecular complexity index is 1440. The molecule has 0 amide bonds. The van der Waals surface area contributed by atoms with Crippen LogP contribution in [0.5, 0.6) is 23.0 Å². The van der Waals surface area contributed by atoms with E-state index in [9.17, 15) is 4.79 Å². The summed E-state index contributed by atoms with van der Waals surface area (Å²) in [6.45, 7) is 13.4. The first kappa shape index (κ1) is 29.0. The van der Waals surface area contributed by atoms with Crippen molar-refractivity contribution in [1.29, 1.82) is 0 Å². The minimum atomic E-state index is -1.93. The number of rotatable bonds is 8. The van der Waals surface area contributed by atoms with Gasteiger partial charge < -0.3 is 23.0 Å². The van der Waals surface area contributed by atoms with Gasteiger partial charge in [-0.3, -0.25) is 0 Å². The molecule has 0 saturated carbocycles. The average molecular weight is 559 g/mol. The lowest BCUT2D eigenvalue weighted by Gasteiger charge is -2.22. The molecule has 0 saturated heterocycles. The maximum atomic E-state index is 12.5. The van der Waals surface area contributed by atoms with Gasteiger partial charge in [0.05, 0.1) is 0 Å². The van der Waals surface area contributed by atoms with E-state index in [1.54, 1.807) is 32.9 Å². The van der Waals surface area contributed by atoms with Gasteiger partial charge in [0, 0.05) is 11.1 Å². The first-order chi connectivity index (χ1) is 19.0. The molecule has 0 aliphatic rings. The van der Waals surface area contributed by atoms with Crippen LogP contribution in [0.15, 0.2) is 84.9 Å². The number of hydrogen-bond acceptors (Lipinski definition) is 6. The quantitative estimate of drug-likeness (QED) is 0.122. The van der Waals surface area contributed by atoms with Crippen LogP contribution >= 0.6 is 8.60 Å². The van der Waals surface area contributed by atoms with Gasteiger partial charge in [0.1, 0.15) is 28.6 Å². The second-order valence-corrected chi connectivity index (χ2v) is 11.6. The molecule has 0 N–H and O–H groups in total. The third-order valence-corrected chi connectivity index (χ3v) is 6.86. The number of aryl methyl sites for hydroxylation is 4. The Morgan fingerprint density at radius 1 is 0.600 bits per heavy atom. The van der Waals surface area contributed by atoms with Crippen molar-refractivity contribution < 1.29 is 27.8 Å². The number of benzene rings is 4. The fraction of sp³-hybridized carbons (Fsp3) is 0.242. The molecule has 0 bridgehead atoms. The summed E-state index contributed by atoms with van der Waals surface area (Å²) in [5, 5.41) is 0. The predicted molar refractivity (Wildman–Crippen MR) is 159 cm³/mol. The van der Waals surface area contributed by atoms with Crippen LogP contribution in [0.1, 0.15) is 43.0 Å². The standard InChI is InChI=1S/C33H35O6P/c1-22-16-18-28(24(3)20-22)37-40(38-29-19-17-23(2)21-25(29)4)39-31-15-11-9-13-27(31)26-12-8-10-14-30(26)35-32(34)36-33(5,6)7/h8-21H,1-7H3. The highest BCUT2D eigenvalue weighted by Gasteiger charge is 2.25. The van der Waals surface area contributed by atoms with E-state index in [-0.39, 0.29) is 0 Å². The molecule has 0 aliphatic carbocycles. The van der Waals surface area contributed by atoms with E-state index in [1.165, 1.54) is 0 Å². The Morgan fingerprint density at radius 2 is 1.05 bits per heavy atom. The summed E-state index contributed by atoms with van der Waals surface area (Å²) >= 11 is 0. The van der Waals surface area contributed by atoms with Crippen LogP contribution < -0.4 is 18.3 Å². The Hall–Kier alpha value is -4.02.